The summed E-state index contributed by atoms with van der Waals surface area (Å²) in [6.45, 7) is 5.16. The molecule has 6 nitrogen and oxygen atoms in total. The number of hydrogen-bond acceptors (Lipinski definition) is 5. The fourth-order valence-corrected chi connectivity index (χ4v) is 2.11. The number of imidazole rings is 1. The number of fused-ring (bicyclic) bond motifs is 1. The van der Waals surface area contributed by atoms with E-state index in [1.54, 1.807) is 18.5 Å². The third kappa shape index (κ3) is 2.51. The van der Waals surface area contributed by atoms with E-state index in [4.69, 9.17) is 9.47 Å². The Morgan fingerprint density at radius 2 is 2.35 bits per heavy atom. The molecule has 1 fully saturated rings. The fourth-order valence-electron chi connectivity index (χ4n) is 2.11. The van der Waals surface area contributed by atoms with Crippen LogP contribution in [0.25, 0.3) is 11.2 Å². The Morgan fingerprint density at radius 3 is 3.00 bits per heavy atom. The molecule has 1 aliphatic heterocycles. The minimum absolute atomic E-state index is 0.159. The smallest absolute Gasteiger partial charge is 0.357 e. The van der Waals surface area contributed by atoms with Crippen LogP contribution in [0.4, 0.5) is 0 Å². The van der Waals surface area contributed by atoms with Crippen LogP contribution in [0.2, 0.25) is 0 Å². The predicted molar refractivity (Wildman–Crippen MR) is 72.4 cm³/mol. The van der Waals surface area contributed by atoms with Gasteiger partial charge in [-0.3, -0.25) is 0 Å². The monoisotopic (exact) mass is 275 g/mol. The molecule has 1 unspecified atom stereocenters. The molecule has 2 aromatic heterocycles. The Kier molecular flexibility index (Phi) is 3.40. The van der Waals surface area contributed by atoms with Gasteiger partial charge in [0.2, 0.25) is 0 Å². The van der Waals surface area contributed by atoms with Gasteiger partial charge in [-0.15, -0.1) is 0 Å². The second-order valence-corrected chi connectivity index (χ2v) is 5.17. The SMILES string of the molecule is CC(C)OC(=O)c1ccc2ncn(CC3CCO3)c2n1. The van der Waals surface area contributed by atoms with Crippen molar-refractivity contribution in [2.24, 2.45) is 0 Å². The normalized spacial score (nSPS) is 18.2. The van der Waals surface area contributed by atoms with Crippen molar-refractivity contribution in [3.8, 4) is 0 Å². The number of nitrogens with zero attached hydrogens (tertiary/aromatic N) is 3. The highest BCUT2D eigenvalue weighted by Gasteiger charge is 2.20. The highest BCUT2D eigenvalue weighted by molar-refractivity contribution is 5.89. The third-order valence-corrected chi connectivity index (χ3v) is 3.21. The lowest BCUT2D eigenvalue weighted by Crippen LogP contribution is -2.31. The Morgan fingerprint density at radius 1 is 1.55 bits per heavy atom. The van der Waals surface area contributed by atoms with Gasteiger partial charge in [0.25, 0.3) is 0 Å². The van der Waals surface area contributed by atoms with Crippen molar-refractivity contribution in [2.75, 3.05) is 6.61 Å². The maximum atomic E-state index is 11.9. The summed E-state index contributed by atoms with van der Waals surface area (Å²) < 4.78 is 12.5. The Balaban J connectivity index is 1.88. The second kappa shape index (κ2) is 5.20. The average Bonchev–Trinajstić information content (AvgIpc) is 2.75. The molecule has 0 bridgehead atoms. The summed E-state index contributed by atoms with van der Waals surface area (Å²) in [5.74, 6) is -0.408. The lowest BCUT2D eigenvalue weighted by molar-refractivity contribution is -0.0587. The van der Waals surface area contributed by atoms with Gasteiger partial charge in [-0.25, -0.2) is 14.8 Å². The second-order valence-electron chi connectivity index (χ2n) is 5.17. The molecule has 2 aromatic rings. The molecule has 0 radical (unpaired) electrons. The first-order chi connectivity index (χ1) is 9.63. The standard InChI is InChI=1S/C14H17N3O3/c1-9(2)20-14(18)12-4-3-11-13(16-12)17(8-15-11)7-10-5-6-19-10/h3-4,8-10H,5-7H2,1-2H3. The Labute approximate surface area is 116 Å². The maximum absolute atomic E-state index is 11.9. The zero-order chi connectivity index (χ0) is 14.1. The number of pyridine rings is 1. The number of rotatable bonds is 4. The molecule has 0 aliphatic carbocycles. The van der Waals surface area contributed by atoms with Gasteiger partial charge in [0, 0.05) is 6.61 Å². The minimum atomic E-state index is -0.408. The zero-order valence-corrected chi connectivity index (χ0v) is 11.6. The highest BCUT2D eigenvalue weighted by Crippen LogP contribution is 2.17. The van der Waals surface area contributed by atoms with Gasteiger partial charge in [-0.05, 0) is 32.4 Å². The molecule has 0 amide bonds. The summed E-state index contributed by atoms with van der Waals surface area (Å²) in [4.78, 5) is 20.5. The number of carbonyl (C=O) groups is 1. The zero-order valence-electron chi connectivity index (χ0n) is 11.6. The van der Waals surface area contributed by atoms with Gasteiger partial charge in [-0.2, -0.15) is 0 Å². The van der Waals surface area contributed by atoms with Crippen LogP contribution in [0, 0.1) is 0 Å². The molecule has 0 N–H and O–H groups in total. The van der Waals surface area contributed by atoms with Crippen molar-refractivity contribution in [1.29, 1.82) is 0 Å². The summed E-state index contributed by atoms with van der Waals surface area (Å²) in [5, 5.41) is 0. The van der Waals surface area contributed by atoms with E-state index in [0.29, 0.717) is 17.9 Å². The van der Waals surface area contributed by atoms with E-state index in [-0.39, 0.29) is 12.2 Å². The minimum Gasteiger partial charge on any atom is -0.458 e. The average molecular weight is 275 g/mol. The molecule has 0 saturated carbocycles. The topological polar surface area (TPSA) is 66.2 Å². The van der Waals surface area contributed by atoms with Crippen LogP contribution in [0.15, 0.2) is 18.5 Å². The molecule has 3 rings (SSSR count). The summed E-state index contributed by atoms with van der Waals surface area (Å²) in [5.41, 5.74) is 1.77. The predicted octanol–water partition coefficient (Wildman–Crippen LogP) is 1.79. The van der Waals surface area contributed by atoms with E-state index >= 15 is 0 Å². The van der Waals surface area contributed by atoms with Crippen LogP contribution in [0.5, 0.6) is 0 Å². The Bertz CT molecular complexity index is 632. The number of ether oxygens (including phenoxy) is 2. The molecule has 20 heavy (non-hydrogen) atoms. The van der Waals surface area contributed by atoms with Crippen molar-refractivity contribution in [3.63, 3.8) is 0 Å². The van der Waals surface area contributed by atoms with Gasteiger partial charge in [-0.1, -0.05) is 0 Å². The first kappa shape index (κ1) is 13.1. The largest absolute Gasteiger partial charge is 0.458 e. The first-order valence-electron chi connectivity index (χ1n) is 6.78. The lowest BCUT2D eigenvalue weighted by Gasteiger charge is -2.26. The molecule has 1 aliphatic rings. The number of hydrogen-bond donors (Lipinski definition) is 0. The third-order valence-electron chi connectivity index (χ3n) is 3.21. The van der Waals surface area contributed by atoms with Gasteiger partial charge < -0.3 is 14.0 Å². The van der Waals surface area contributed by atoms with Gasteiger partial charge >= 0.3 is 5.97 Å². The summed E-state index contributed by atoms with van der Waals surface area (Å²) in [6.07, 6.45) is 2.85. The van der Waals surface area contributed by atoms with Crippen LogP contribution < -0.4 is 0 Å². The first-order valence-corrected chi connectivity index (χ1v) is 6.78. The highest BCUT2D eigenvalue weighted by atomic mass is 16.5. The van der Waals surface area contributed by atoms with Gasteiger partial charge in [0.1, 0.15) is 5.52 Å². The summed E-state index contributed by atoms with van der Waals surface area (Å²) in [7, 11) is 0. The van der Waals surface area contributed by atoms with E-state index in [2.05, 4.69) is 9.97 Å². The van der Waals surface area contributed by atoms with Crippen LogP contribution in [0.3, 0.4) is 0 Å². The fraction of sp³-hybridized carbons (Fsp3) is 0.500. The molecule has 0 aromatic carbocycles. The van der Waals surface area contributed by atoms with Crippen molar-refractivity contribution >= 4 is 17.1 Å². The molecule has 0 spiro atoms. The van der Waals surface area contributed by atoms with Crippen LogP contribution in [0.1, 0.15) is 30.8 Å². The molecular weight excluding hydrogens is 258 g/mol. The molecule has 6 heteroatoms. The van der Waals surface area contributed by atoms with Crippen LogP contribution in [-0.2, 0) is 16.0 Å². The quantitative estimate of drug-likeness (QED) is 0.796. The maximum Gasteiger partial charge on any atom is 0.357 e. The van der Waals surface area contributed by atoms with E-state index in [1.807, 2.05) is 18.4 Å². The molecule has 1 saturated heterocycles. The van der Waals surface area contributed by atoms with E-state index in [9.17, 15) is 4.79 Å². The van der Waals surface area contributed by atoms with Crippen molar-refractivity contribution in [1.82, 2.24) is 14.5 Å². The number of aromatic nitrogens is 3. The van der Waals surface area contributed by atoms with E-state index in [0.717, 1.165) is 18.5 Å². The molecule has 1 atom stereocenters. The van der Waals surface area contributed by atoms with Crippen molar-refractivity contribution < 1.29 is 14.3 Å². The van der Waals surface area contributed by atoms with Crippen LogP contribution >= 0.6 is 0 Å². The molecular formula is C14H17N3O3. The number of esters is 1. The van der Waals surface area contributed by atoms with Gasteiger partial charge in [0.15, 0.2) is 11.3 Å². The van der Waals surface area contributed by atoms with E-state index in [1.165, 1.54) is 0 Å². The van der Waals surface area contributed by atoms with Crippen LogP contribution in [-0.4, -0.2) is 39.3 Å². The lowest BCUT2D eigenvalue weighted by atomic mass is 10.2. The van der Waals surface area contributed by atoms with E-state index < -0.39 is 5.97 Å². The summed E-state index contributed by atoms with van der Waals surface area (Å²) in [6, 6.07) is 3.43. The van der Waals surface area contributed by atoms with Gasteiger partial charge in [0.05, 0.1) is 25.1 Å². The van der Waals surface area contributed by atoms with Crippen molar-refractivity contribution in [2.45, 2.75) is 39.0 Å². The summed E-state index contributed by atoms with van der Waals surface area (Å²) >= 11 is 0. The molecule has 3 heterocycles. The molecule has 106 valence electrons. The Hall–Kier alpha value is -1.95. The number of carbonyl (C=O) groups excluding carboxylic acids is 1. The van der Waals surface area contributed by atoms with Crippen molar-refractivity contribution in [3.05, 3.63) is 24.2 Å².